The molecule has 0 atom stereocenters. The van der Waals surface area contributed by atoms with Gasteiger partial charge in [-0.15, -0.1) is 24.0 Å². The third kappa shape index (κ3) is 8.31. The molecule has 19 heavy (non-hydrogen) atoms. The van der Waals surface area contributed by atoms with E-state index in [-0.39, 0.29) is 24.0 Å². The Bertz CT molecular complexity index is 394. The number of benzene rings is 1. The molecule has 3 nitrogen and oxygen atoms in total. The highest BCUT2D eigenvalue weighted by Crippen LogP contribution is 2.16. The average Bonchev–Trinajstić information content (AvgIpc) is 2.34. The lowest BCUT2D eigenvalue weighted by atomic mass is 10.1. The zero-order valence-corrected chi connectivity index (χ0v) is 14.6. The lowest BCUT2D eigenvalue weighted by Crippen LogP contribution is -2.33. The summed E-state index contributed by atoms with van der Waals surface area (Å²) >= 11 is 6.08. The van der Waals surface area contributed by atoms with E-state index in [2.05, 4.69) is 30.2 Å². The van der Waals surface area contributed by atoms with E-state index in [0.29, 0.717) is 11.9 Å². The van der Waals surface area contributed by atoms with Gasteiger partial charge in [0.05, 0.1) is 0 Å². The molecule has 0 radical (unpaired) electrons. The van der Waals surface area contributed by atoms with Crippen LogP contribution >= 0.6 is 35.6 Å². The van der Waals surface area contributed by atoms with Crippen molar-refractivity contribution >= 4 is 41.5 Å². The highest BCUT2D eigenvalue weighted by atomic mass is 127. The van der Waals surface area contributed by atoms with Gasteiger partial charge in [-0.05, 0) is 30.4 Å². The minimum atomic E-state index is 0. The van der Waals surface area contributed by atoms with Crippen molar-refractivity contribution in [3.05, 3.63) is 34.9 Å². The van der Waals surface area contributed by atoms with Crippen LogP contribution < -0.4 is 11.1 Å². The topological polar surface area (TPSA) is 50.4 Å². The van der Waals surface area contributed by atoms with E-state index in [1.54, 1.807) is 0 Å². The molecule has 0 saturated carbocycles. The van der Waals surface area contributed by atoms with E-state index in [1.165, 1.54) is 5.56 Å². The summed E-state index contributed by atoms with van der Waals surface area (Å²) in [4.78, 5) is 4.24. The van der Waals surface area contributed by atoms with Gasteiger partial charge in [-0.25, -0.2) is 0 Å². The molecule has 0 aliphatic rings. The van der Waals surface area contributed by atoms with Crippen LogP contribution in [0.15, 0.2) is 29.3 Å². The molecule has 0 saturated heterocycles. The average molecular weight is 396 g/mol. The van der Waals surface area contributed by atoms with E-state index in [9.17, 15) is 0 Å². The quantitative estimate of drug-likeness (QED) is 0.335. The smallest absolute Gasteiger partial charge is 0.188 e. The minimum Gasteiger partial charge on any atom is -0.370 e. The Balaban J connectivity index is 0.00000324. The Kier molecular flexibility index (Phi) is 10.0. The number of hydrogen-bond acceptors (Lipinski definition) is 1. The van der Waals surface area contributed by atoms with Crippen molar-refractivity contribution < 1.29 is 0 Å². The monoisotopic (exact) mass is 395 g/mol. The van der Waals surface area contributed by atoms with Crippen molar-refractivity contribution in [1.29, 1.82) is 0 Å². The van der Waals surface area contributed by atoms with Gasteiger partial charge in [0.15, 0.2) is 5.96 Å². The number of halogens is 2. The first-order valence-electron chi connectivity index (χ1n) is 6.36. The van der Waals surface area contributed by atoms with Crippen molar-refractivity contribution in [2.24, 2.45) is 16.6 Å². The molecular weight excluding hydrogens is 373 g/mol. The number of nitrogens with one attached hydrogen (secondary N) is 1. The van der Waals surface area contributed by atoms with Crippen LogP contribution in [-0.2, 0) is 6.42 Å². The number of guanidine groups is 1. The Morgan fingerprint density at radius 2 is 2.05 bits per heavy atom. The van der Waals surface area contributed by atoms with Crippen molar-refractivity contribution in [2.45, 2.75) is 26.7 Å². The van der Waals surface area contributed by atoms with Crippen LogP contribution in [0, 0.1) is 5.92 Å². The largest absolute Gasteiger partial charge is 0.370 e. The molecule has 0 spiro atoms. The normalized spacial score (nSPS) is 11.3. The zero-order valence-electron chi connectivity index (χ0n) is 11.5. The summed E-state index contributed by atoms with van der Waals surface area (Å²) < 4.78 is 0. The summed E-state index contributed by atoms with van der Waals surface area (Å²) in [6, 6.07) is 7.93. The second-order valence-electron chi connectivity index (χ2n) is 4.74. The highest BCUT2D eigenvalue weighted by Gasteiger charge is 1.99. The fourth-order valence-corrected chi connectivity index (χ4v) is 1.76. The molecule has 1 aromatic carbocycles. The van der Waals surface area contributed by atoms with E-state index < -0.39 is 0 Å². The fourth-order valence-electron chi connectivity index (χ4n) is 1.53. The fraction of sp³-hybridized carbons (Fsp3) is 0.500. The SMILES string of the molecule is CC(C)CN=C(N)NCCCc1ccccc1Cl.I. The molecule has 0 aliphatic carbocycles. The van der Waals surface area contributed by atoms with Crippen molar-refractivity contribution in [2.75, 3.05) is 13.1 Å². The van der Waals surface area contributed by atoms with Crippen LogP contribution in [0.5, 0.6) is 0 Å². The summed E-state index contributed by atoms with van der Waals surface area (Å²) in [6.07, 6.45) is 1.94. The Labute approximate surface area is 138 Å². The van der Waals surface area contributed by atoms with E-state index in [1.807, 2.05) is 18.2 Å². The first kappa shape index (κ1) is 18.5. The lowest BCUT2D eigenvalue weighted by molar-refractivity contribution is 0.659. The first-order chi connectivity index (χ1) is 8.59. The Morgan fingerprint density at radius 1 is 1.37 bits per heavy atom. The van der Waals surface area contributed by atoms with Gasteiger partial charge >= 0.3 is 0 Å². The van der Waals surface area contributed by atoms with Gasteiger partial charge in [-0.2, -0.15) is 0 Å². The van der Waals surface area contributed by atoms with Gasteiger partial charge in [0.25, 0.3) is 0 Å². The van der Waals surface area contributed by atoms with Crippen LogP contribution in [0.25, 0.3) is 0 Å². The maximum absolute atomic E-state index is 6.08. The van der Waals surface area contributed by atoms with Crippen LogP contribution in [0.4, 0.5) is 0 Å². The number of nitrogens with two attached hydrogens (primary N) is 1. The summed E-state index contributed by atoms with van der Waals surface area (Å²) in [5.74, 6) is 1.07. The molecule has 0 aliphatic heterocycles. The summed E-state index contributed by atoms with van der Waals surface area (Å²) in [7, 11) is 0. The van der Waals surface area contributed by atoms with Crippen LogP contribution in [0.1, 0.15) is 25.8 Å². The van der Waals surface area contributed by atoms with E-state index in [4.69, 9.17) is 17.3 Å². The molecule has 0 aromatic heterocycles. The summed E-state index contributed by atoms with van der Waals surface area (Å²) in [5, 5.41) is 3.94. The standard InChI is InChI=1S/C14H22ClN3.HI/c1-11(2)10-18-14(16)17-9-5-7-12-6-3-4-8-13(12)15;/h3-4,6,8,11H,5,7,9-10H2,1-2H3,(H3,16,17,18);1H. The third-order valence-electron chi connectivity index (χ3n) is 2.51. The lowest BCUT2D eigenvalue weighted by Gasteiger charge is -2.07. The van der Waals surface area contributed by atoms with E-state index in [0.717, 1.165) is 31.0 Å². The third-order valence-corrected chi connectivity index (χ3v) is 2.88. The second kappa shape index (κ2) is 10.3. The molecule has 108 valence electrons. The molecule has 1 rings (SSSR count). The van der Waals surface area contributed by atoms with Crippen LogP contribution in [0.2, 0.25) is 5.02 Å². The number of rotatable bonds is 6. The van der Waals surface area contributed by atoms with Gasteiger partial charge in [0, 0.05) is 18.1 Å². The van der Waals surface area contributed by atoms with Crippen LogP contribution in [-0.4, -0.2) is 19.0 Å². The van der Waals surface area contributed by atoms with Gasteiger partial charge < -0.3 is 11.1 Å². The zero-order chi connectivity index (χ0) is 13.4. The number of aryl methyl sites for hydroxylation is 1. The molecule has 0 amide bonds. The molecule has 0 heterocycles. The van der Waals surface area contributed by atoms with Gasteiger partial charge in [-0.3, -0.25) is 4.99 Å². The molecule has 1 aromatic rings. The van der Waals surface area contributed by atoms with Gasteiger partial charge in [0.1, 0.15) is 0 Å². The molecular formula is C14H23ClIN3. The number of aliphatic imine (C=N–C) groups is 1. The van der Waals surface area contributed by atoms with Crippen molar-refractivity contribution in [3.8, 4) is 0 Å². The number of nitrogens with zero attached hydrogens (tertiary/aromatic N) is 1. The first-order valence-corrected chi connectivity index (χ1v) is 6.74. The predicted molar refractivity (Wildman–Crippen MR) is 94.5 cm³/mol. The highest BCUT2D eigenvalue weighted by molar-refractivity contribution is 14.0. The molecule has 0 bridgehead atoms. The number of hydrogen-bond donors (Lipinski definition) is 2. The molecule has 5 heteroatoms. The van der Waals surface area contributed by atoms with Crippen molar-refractivity contribution in [1.82, 2.24) is 5.32 Å². The predicted octanol–water partition coefficient (Wildman–Crippen LogP) is 3.45. The van der Waals surface area contributed by atoms with Gasteiger partial charge in [-0.1, -0.05) is 43.6 Å². The summed E-state index contributed by atoms with van der Waals surface area (Å²) in [6.45, 7) is 5.82. The van der Waals surface area contributed by atoms with Crippen LogP contribution in [0.3, 0.4) is 0 Å². The van der Waals surface area contributed by atoms with E-state index >= 15 is 0 Å². The minimum absolute atomic E-state index is 0. The maximum atomic E-state index is 6.08. The Hall–Kier alpha value is -0.490. The summed E-state index contributed by atoms with van der Waals surface area (Å²) in [5.41, 5.74) is 6.92. The maximum Gasteiger partial charge on any atom is 0.188 e. The Morgan fingerprint density at radius 3 is 2.68 bits per heavy atom. The molecule has 0 fully saturated rings. The van der Waals surface area contributed by atoms with Crippen molar-refractivity contribution in [3.63, 3.8) is 0 Å². The van der Waals surface area contributed by atoms with Gasteiger partial charge in [0.2, 0.25) is 0 Å². The second-order valence-corrected chi connectivity index (χ2v) is 5.15. The molecule has 3 N–H and O–H groups in total. The molecule has 0 unspecified atom stereocenters.